The van der Waals surface area contributed by atoms with Crippen LogP contribution in [0.2, 0.25) is 0 Å². The van der Waals surface area contributed by atoms with Crippen molar-refractivity contribution in [2.45, 2.75) is 19.5 Å². The molecule has 2 aromatic rings. The van der Waals surface area contributed by atoms with Gasteiger partial charge in [0.25, 0.3) is 0 Å². The minimum Gasteiger partial charge on any atom is -0.334 e. The molecule has 5 heteroatoms. The lowest BCUT2D eigenvalue weighted by Crippen LogP contribution is -2.13. The molecule has 0 aliphatic heterocycles. The maximum absolute atomic E-state index is 4.30. The number of rotatable bonds is 5. The van der Waals surface area contributed by atoms with E-state index in [1.54, 1.807) is 0 Å². The van der Waals surface area contributed by atoms with Crippen LogP contribution < -0.4 is 5.32 Å². The normalized spacial score (nSPS) is 10.9. The van der Waals surface area contributed by atoms with Crippen molar-refractivity contribution in [3.05, 3.63) is 36.2 Å². The fourth-order valence-electron chi connectivity index (χ4n) is 1.72. The minimum absolute atomic E-state index is 0.806. The van der Waals surface area contributed by atoms with E-state index in [1.807, 2.05) is 37.4 Å². The molecule has 1 N–H and O–H groups in total. The molecule has 86 valence electrons. The number of imidazole rings is 1. The van der Waals surface area contributed by atoms with Crippen molar-refractivity contribution in [2.75, 3.05) is 7.05 Å². The molecule has 0 atom stereocenters. The van der Waals surface area contributed by atoms with Gasteiger partial charge in [-0.15, -0.1) is 0 Å². The lowest BCUT2D eigenvalue weighted by molar-refractivity contribution is 0.625. The smallest absolute Gasteiger partial charge is 0.122 e. The first kappa shape index (κ1) is 10.9. The molecule has 0 spiro atoms. The van der Waals surface area contributed by atoms with Crippen LogP contribution in [0.1, 0.15) is 11.4 Å². The largest absolute Gasteiger partial charge is 0.334 e. The molecule has 0 aliphatic rings. The van der Waals surface area contributed by atoms with Crippen LogP contribution in [0.3, 0.4) is 0 Å². The molecule has 0 fully saturated rings. The Morgan fingerprint density at radius 3 is 3.00 bits per heavy atom. The number of hydrogen-bond acceptors (Lipinski definition) is 3. The van der Waals surface area contributed by atoms with Crippen molar-refractivity contribution in [1.29, 1.82) is 0 Å². The summed E-state index contributed by atoms with van der Waals surface area (Å²) in [5.41, 5.74) is 1.26. The van der Waals surface area contributed by atoms with E-state index >= 15 is 0 Å². The third-order valence-electron chi connectivity index (χ3n) is 2.54. The van der Waals surface area contributed by atoms with Gasteiger partial charge in [0.1, 0.15) is 5.82 Å². The van der Waals surface area contributed by atoms with Crippen LogP contribution in [-0.4, -0.2) is 26.4 Å². The van der Waals surface area contributed by atoms with Crippen LogP contribution >= 0.6 is 0 Å². The van der Waals surface area contributed by atoms with Gasteiger partial charge < -0.3 is 9.88 Å². The number of nitrogens with one attached hydrogen (secondary N) is 1. The van der Waals surface area contributed by atoms with Crippen LogP contribution in [-0.2, 0) is 26.6 Å². The zero-order chi connectivity index (χ0) is 11.4. The molecule has 0 aliphatic carbocycles. The molecule has 0 unspecified atom stereocenters. The molecule has 0 radical (unpaired) electrons. The third kappa shape index (κ3) is 2.49. The second-order valence-corrected chi connectivity index (χ2v) is 3.84. The molecule has 2 aromatic heterocycles. The van der Waals surface area contributed by atoms with Crippen molar-refractivity contribution in [3.8, 4) is 0 Å². The van der Waals surface area contributed by atoms with E-state index in [-0.39, 0.29) is 0 Å². The van der Waals surface area contributed by atoms with Crippen molar-refractivity contribution in [3.63, 3.8) is 0 Å². The Balaban J connectivity index is 1.96. The lowest BCUT2D eigenvalue weighted by Gasteiger charge is -2.06. The predicted octanol–water partition coefficient (Wildman–Crippen LogP) is 0.579. The van der Waals surface area contributed by atoms with Gasteiger partial charge in [0, 0.05) is 32.2 Å². The van der Waals surface area contributed by atoms with Crippen molar-refractivity contribution in [2.24, 2.45) is 7.05 Å². The Morgan fingerprint density at radius 2 is 2.31 bits per heavy atom. The molecular formula is C11H17N5. The number of nitrogens with zero attached hydrogens (tertiary/aromatic N) is 4. The maximum Gasteiger partial charge on any atom is 0.122 e. The average molecular weight is 219 g/mol. The summed E-state index contributed by atoms with van der Waals surface area (Å²) in [6.07, 6.45) is 8.81. The molecule has 16 heavy (non-hydrogen) atoms. The van der Waals surface area contributed by atoms with Crippen LogP contribution in [0.5, 0.6) is 0 Å². The van der Waals surface area contributed by atoms with E-state index in [9.17, 15) is 0 Å². The lowest BCUT2D eigenvalue weighted by atomic mass is 10.2. The van der Waals surface area contributed by atoms with Crippen LogP contribution in [0.25, 0.3) is 0 Å². The summed E-state index contributed by atoms with van der Waals surface area (Å²) in [4.78, 5) is 4.30. The van der Waals surface area contributed by atoms with Gasteiger partial charge in [-0.1, -0.05) is 0 Å². The van der Waals surface area contributed by atoms with E-state index in [0.29, 0.717) is 0 Å². The predicted molar refractivity (Wildman–Crippen MR) is 61.9 cm³/mol. The molecular weight excluding hydrogens is 202 g/mol. The van der Waals surface area contributed by atoms with E-state index in [2.05, 4.69) is 26.2 Å². The fraction of sp³-hybridized carbons (Fsp3) is 0.455. The second kappa shape index (κ2) is 4.94. The molecule has 0 saturated heterocycles. The second-order valence-electron chi connectivity index (χ2n) is 3.84. The Hall–Kier alpha value is -1.62. The SMILES string of the molecule is CNCc1nccn1CCc1cnn(C)c1. The summed E-state index contributed by atoms with van der Waals surface area (Å²) in [6.45, 7) is 1.75. The quantitative estimate of drug-likeness (QED) is 0.800. The van der Waals surface area contributed by atoms with Crippen LogP contribution in [0.15, 0.2) is 24.8 Å². The topological polar surface area (TPSA) is 47.7 Å². The van der Waals surface area contributed by atoms with Gasteiger partial charge in [0.2, 0.25) is 0 Å². The van der Waals surface area contributed by atoms with Gasteiger partial charge in [0.15, 0.2) is 0 Å². The zero-order valence-corrected chi connectivity index (χ0v) is 9.72. The van der Waals surface area contributed by atoms with Crippen molar-refractivity contribution < 1.29 is 0 Å². The molecule has 2 rings (SSSR count). The standard InChI is InChI=1S/C11H17N5/c1-12-8-11-13-4-6-16(11)5-3-10-7-14-15(2)9-10/h4,6-7,9,12H,3,5,8H2,1-2H3. The molecule has 2 heterocycles. The molecule has 0 saturated carbocycles. The highest BCUT2D eigenvalue weighted by molar-refractivity contribution is 5.04. The Bertz CT molecular complexity index is 443. The van der Waals surface area contributed by atoms with Gasteiger partial charge >= 0.3 is 0 Å². The average Bonchev–Trinajstić information content (AvgIpc) is 2.85. The maximum atomic E-state index is 4.30. The van der Waals surface area contributed by atoms with Gasteiger partial charge in [-0.05, 0) is 19.0 Å². The monoisotopic (exact) mass is 219 g/mol. The molecule has 5 nitrogen and oxygen atoms in total. The van der Waals surface area contributed by atoms with Crippen LogP contribution in [0, 0.1) is 0 Å². The first-order valence-corrected chi connectivity index (χ1v) is 5.41. The summed E-state index contributed by atoms with van der Waals surface area (Å²) in [6, 6.07) is 0. The summed E-state index contributed by atoms with van der Waals surface area (Å²) in [5, 5.41) is 7.27. The van der Waals surface area contributed by atoms with Gasteiger partial charge in [0.05, 0.1) is 12.7 Å². The summed E-state index contributed by atoms with van der Waals surface area (Å²) >= 11 is 0. The Kier molecular flexibility index (Phi) is 3.36. The molecule has 0 aromatic carbocycles. The molecule has 0 amide bonds. The van der Waals surface area contributed by atoms with E-state index in [4.69, 9.17) is 0 Å². The van der Waals surface area contributed by atoms with E-state index in [0.717, 1.165) is 25.3 Å². The summed E-state index contributed by atoms with van der Waals surface area (Å²) in [5.74, 6) is 1.08. The number of hydrogen-bond donors (Lipinski definition) is 1. The van der Waals surface area contributed by atoms with Crippen LogP contribution in [0.4, 0.5) is 0 Å². The Labute approximate surface area is 95.1 Å². The van der Waals surface area contributed by atoms with Gasteiger partial charge in [-0.3, -0.25) is 4.68 Å². The molecule has 0 bridgehead atoms. The minimum atomic E-state index is 0.806. The third-order valence-corrected chi connectivity index (χ3v) is 2.54. The first-order valence-electron chi connectivity index (χ1n) is 5.41. The van der Waals surface area contributed by atoms with Gasteiger partial charge in [-0.2, -0.15) is 5.10 Å². The van der Waals surface area contributed by atoms with Gasteiger partial charge in [-0.25, -0.2) is 4.98 Å². The highest BCUT2D eigenvalue weighted by Gasteiger charge is 2.02. The van der Waals surface area contributed by atoms with E-state index < -0.39 is 0 Å². The van der Waals surface area contributed by atoms with E-state index in [1.165, 1.54) is 5.56 Å². The first-order chi connectivity index (χ1) is 7.79. The van der Waals surface area contributed by atoms with Crippen molar-refractivity contribution in [1.82, 2.24) is 24.6 Å². The number of aromatic nitrogens is 4. The highest BCUT2D eigenvalue weighted by atomic mass is 15.2. The Morgan fingerprint density at radius 1 is 1.44 bits per heavy atom. The highest BCUT2D eigenvalue weighted by Crippen LogP contribution is 2.03. The number of aryl methyl sites for hydroxylation is 3. The summed E-state index contributed by atoms with van der Waals surface area (Å²) < 4.78 is 4.00. The van der Waals surface area contributed by atoms with Crippen molar-refractivity contribution >= 4 is 0 Å². The zero-order valence-electron chi connectivity index (χ0n) is 9.72. The summed E-state index contributed by atoms with van der Waals surface area (Å²) in [7, 11) is 3.87. The fourth-order valence-corrected chi connectivity index (χ4v) is 1.72.